The number of aryl methyl sites for hydroxylation is 1. The number of carbonyl (C=O) groups excluding carboxylic acids is 2. The number of rotatable bonds is 6. The van der Waals surface area contributed by atoms with Crippen LogP contribution in [0.1, 0.15) is 52.5 Å². The summed E-state index contributed by atoms with van der Waals surface area (Å²) in [5.74, 6) is -0.685. The Labute approximate surface area is 178 Å². The SMILES string of the molecule is CCCOC(=O)c1c(NC(=O)C=Cc2ccc(Cl)cc2Cl)sc2c1CCCC2. The van der Waals surface area contributed by atoms with Crippen LogP contribution >= 0.6 is 34.5 Å². The lowest BCUT2D eigenvalue weighted by Gasteiger charge is -2.12. The zero-order valence-electron chi connectivity index (χ0n) is 15.5. The first-order valence-corrected chi connectivity index (χ1v) is 10.8. The van der Waals surface area contributed by atoms with Gasteiger partial charge in [-0.3, -0.25) is 4.79 Å². The fraction of sp³-hybridized carbons (Fsp3) is 0.333. The number of thiophene rings is 1. The molecular formula is C21H21Cl2NO3S. The molecule has 2 aromatic rings. The van der Waals surface area contributed by atoms with Crippen LogP contribution in [0.4, 0.5) is 5.00 Å². The average molecular weight is 438 g/mol. The second-order valence-corrected chi connectivity index (χ2v) is 8.49. The van der Waals surface area contributed by atoms with Crippen LogP contribution in [0.2, 0.25) is 10.0 Å². The molecule has 148 valence electrons. The lowest BCUT2D eigenvalue weighted by molar-refractivity contribution is -0.111. The molecule has 0 fully saturated rings. The predicted octanol–water partition coefficient (Wildman–Crippen LogP) is 6.15. The van der Waals surface area contributed by atoms with E-state index in [0.717, 1.165) is 42.5 Å². The van der Waals surface area contributed by atoms with E-state index in [1.807, 2.05) is 6.92 Å². The van der Waals surface area contributed by atoms with Gasteiger partial charge in [0.2, 0.25) is 5.91 Å². The number of halogens is 2. The highest BCUT2D eigenvalue weighted by molar-refractivity contribution is 7.17. The topological polar surface area (TPSA) is 55.4 Å². The first kappa shape index (κ1) is 20.9. The Bertz CT molecular complexity index is 921. The maximum absolute atomic E-state index is 12.6. The summed E-state index contributed by atoms with van der Waals surface area (Å²) in [6.07, 6.45) is 7.68. The summed E-state index contributed by atoms with van der Waals surface area (Å²) in [5, 5.41) is 4.41. The summed E-state index contributed by atoms with van der Waals surface area (Å²) in [4.78, 5) is 26.2. The van der Waals surface area contributed by atoms with E-state index in [1.165, 1.54) is 17.4 Å². The summed E-state index contributed by atoms with van der Waals surface area (Å²) >= 11 is 13.5. The third kappa shape index (κ3) is 4.96. The van der Waals surface area contributed by atoms with Gasteiger partial charge in [-0.15, -0.1) is 11.3 Å². The Morgan fingerprint density at radius 3 is 2.79 bits per heavy atom. The average Bonchev–Trinajstić information content (AvgIpc) is 3.03. The van der Waals surface area contributed by atoms with Crippen molar-refractivity contribution in [2.24, 2.45) is 0 Å². The van der Waals surface area contributed by atoms with E-state index >= 15 is 0 Å². The van der Waals surface area contributed by atoms with Crippen LogP contribution in [0.3, 0.4) is 0 Å². The van der Waals surface area contributed by atoms with Crippen LogP contribution in [-0.2, 0) is 22.4 Å². The molecule has 1 N–H and O–H groups in total. The predicted molar refractivity (Wildman–Crippen MR) is 116 cm³/mol. The number of hydrogen-bond donors (Lipinski definition) is 1. The van der Waals surface area contributed by atoms with Crippen LogP contribution in [0.25, 0.3) is 6.08 Å². The molecule has 0 radical (unpaired) electrons. The molecule has 0 spiro atoms. The molecule has 1 aliphatic rings. The molecule has 7 heteroatoms. The highest BCUT2D eigenvalue weighted by atomic mass is 35.5. The third-order valence-corrected chi connectivity index (χ3v) is 6.20. The molecule has 0 atom stereocenters. The van der Waals surface area contributed by atoms with Gasteiger partial charge in [0, 0.05) is 21.0 Å². The van der Waals surface area contributed by atoms with Gasteiger partial charge in [0.1, 0.15) is 5.00 Å². The van der Waals surface area contributed by atoms with Crippen molar-refractivity contribution in [3.05, 3.63) is 55.9 Å². The Morgan fingerprint density at radius 1 is 1.25 bits per heavy atom. The van der Waals surface area contributed by atoms with Crippen molar-refractivity contribution in [3.63, 3.8) is 0 Å². The van der Waals surface area contributed by atoms with E-state index in [2.05, 4.69) is 5.32 Å². The number of fused-ring (bicyclic) bond motifs is 1. The molecule has 3 rings (SSSR count). The molecule has 1 aliphatic carbocycles. The van der Waals surface area contributed by atoms with Crippen LogP contribution in [0, 0.1) is 0 Å². The highest BCUT2D eigenvalue weighted by Gasteiger charge is 2.27. The minimum atomic E-state index is -0.360. The van der Waals surface area contributed by atoms with Crippen molar-refractivity contribution in [2.75, 3.05) is 11.9 Å². The van der Waals surface area contributed by atoms with E-state index < -0.39 is 0 Å². The highest BCUT2D eigenvalue weighted by Crippen LogP contribution is 2.38. The largest absolute Gasteiger partial charge is 0.462 e. The summed E-state index contributed by atoms with van der Waals surface area (Å²) in [6, 6.07) is 5.07. The molecule has 1 heterocycles. The molecule has 1 aromatic carbocycles. The number of carbonyl (C=O) groups is 2. The number of hydrogen-bond acceptors (Lipinski definition) is 4. The van der Waals surface area contributed by atoms with E-state index in [9.17, 15) is 9.59 Å². The molecule has 0 saturated carbocycles. The van der Waals surface area contributed by atoms with Gasteiger partial charge in [0.25, 0.3) is 0 Å². The van der Waals surface area contributed by atoms with Crippen molar-refractivity contribution < 1.29 is 14.3 Å². The first-order valence-electron chi connectivity index (χ1n) is 9.25. The van der Waals surface area contributed by atoms with Gasteiger partial charge in [-0.05, 0) is 61.4 Å². The van der Waals surface area contributed by atoms with Crippen molar-refractivity contribution >= 4 is 57.5 Å². The fourth-order valence-electron chi connectivity index (χ4n) is 3.09. The van der Waals surface area contributed by atoms with Crippen molar-refractivity contribution in [1.29, 1.82) is 0 Å². The van der Waals surface area contributed by atoms with Gasteiger partial charge < -0.3 is 10.1 Å². The van der Waals surface area contributed by atoms with Crippen molar-refractivity contribution in [1.82, 2.24) is 0 Å². The van der Waals surface area contributed by atoms with Gasteiger partial charge >= 0.3 is 5.97 Å². The third-order valence-electron chi connectivity index (χ3n) is 4.43. The Hall–Kier alpha value is -1.82. The number of nitrogens with one attached hydrogen (secondary N) is 1. The number of anilines is 1. The molecule has 1 amide bonds. The molecule has 0 unspecified atom stereocenters. The van der Waals surface area contributed by atoms with Crippen LogP contribution in [0.5, 0.6) is 0 Å². The van der Waals surface area contributed by atoms with Gasteiger partial charge in [-0.25, -0.2) is 4.79 Å². The smallest absolute Gasteiger partial charge is 0.341 e. The summed E-state index contributed by atoms with van der Waals surface area (Å²) in [5.41, 5.74) is 2.23. The first-order chi connectivity index (χ1) is 13.5. The van der Waals surface area contributed by atoms with Crippen molar-refractivity contribution in [3.8, 4) is 0 Å². The summed E-state index contributed by atoms with van der Waals surface area (Å²) in [7, 11) is 0. The standard InChI is InChI=1S/C21H21Cl2NO3S/c1-2-11-27-21(26)19-15-5-3-4-6-17(15)28-20(19)24-18(25)10-8-13-7-9-14(22)12-16(13)23/h7-10,12H,2-6,11H2,1H3,(H,24,25). The van der Waals surface area contributed by atoms with E-state index in [4.69, 9.17) is 27.9 Å². The number of amides is 1. The van der Waals surface area contributed by atoms with Gasteiger partial charge in [-0.2, -0.15) is 0 Å². The number of ether oxygens (including phenoxy) is 1. The molecule has 0 aliphatic heterocycles. The van der Waals surface area contributed by atoms with Gasteiger partial charge in [0.15, 0.2) is 0 Å². The fourth-order valence-corrected chi connectivity index (χ4v) is 4.84. The van der Waals surface area contributed by atoms with Crippen LogP contribution in [-0.4, -0.2) is 18.5 Å². The quantitative estimate of drug-likeness (QED) is 0.435. The second-order valence-electron chi connectivity index (χ2n) is 6.54. The Balaban J connectivity index is 1.80. The number of benzene rings is 1. The minimum Gasteiger partial charge on any atom is -0.462 e. The molecular weight excluding hydrogens is 417 g/mol. The van der Waals surface area contributed by atoms with Crippen LogP contribution in [0.15, 0.2) is 24.3 Å². The zero-order valence-corrected chi connectivity index (χ0v) is 17.8. The normalized spacial score (nSPS) is 13.4. The maximum Gasteiger partial charge on any atom is 0.341 e. The van der Waals surface area contributed by atoms with E-state index in [-0.39, 0.29) is 11.9 Å². The van der Waals surface area contributed by atoms with Gasteiger partial charge in [0.05, 0.1) is 12.2 Å². The van der Waals surface area contributed by atoms with E-state index in [0.29, 0.717) is 32.8 Å². The van der Waals surface area contributed by atoms with Gasteiger partial charge in [-0.1, -0.05) is 36.2 Å². The van der Waals surface area contributed by atoms with E-state index in [1.54, 1.807) is 24.3 Å². The van der Waals surface area contributed by atoms with Crippen LogP contribution < -0.4 is 5.32 Å². The van der Waals surface area contributed by atoms with Crippen molar-refractivity contribution in [2.45, 2.75) is 39.0 Å². The monoisotopic (exact) mass is 437 g/mol. The minimum absolute atomic E-state index is 0.325. The lowest BCUT2D eigenvalue weighted by Crippen LogP contribution is -2.14. The summed E-state index contributed by atoms with van der Waals surface area (Å²) in [6.45, 7) is 2.32. The second kappa shape index (κ2) is 9.59. The molecule has 0 bridgehead atoms. The zero-order chi connectivity index (χ0) is 20.1. The summed E-state index contributed by atoms with van der Waals surface area (Å²) < 4.78 is 5.35. The molecule has 1 aromatic heterocycles. The lowest BCUT2D eigenvalue weighted by atomic mass is 9.95. The molecule has 0 saturated heterocycles. The Morgan fingerprint density at radius 2 is 2.04 bits per heavy atom. The molecule has 4 nitrogen and oxygen atoms in total. The molecule has 28 heavy (non-hydrogen) atoms. The number of esters is 1. The maximum atomic E-state index is 12.6. The Kier molecular flexibility index (Phi) is 7.16.